The van der Waals surface area contributed by atoms with Gasteiger partial charge in [-0.2, -0.15) is 0 Å². The van der Waals surface area contributed by atoms with Gasteiger partial charge in [-0.1, -0.05) is 234 Å². The Labute approximate surface area is 395 Å². The lowest BCUT2D eigenvalue weighted by Crippen LogP contribution is -2.30. The van der Waals surface area contributed by atoms with E-state index in [1.807, 2.05) is 158 Å². The van der Waals surface area contributed by atoms with Crippen molar-refractivity contribution < 1.29 is 28.6 Å². The van der Waals surface area contributed by atoms with Gasteiger partial charge in [-0.15, -0.1) is 0 Å². The average molecular weight is 887 g/mol. The second-order valence-corrected chi connectivity index (χ2v) is 14.9. The fraction of sp³-hybridized carbons (Fsp3) is 0.407. The predicted molar refractivity (Wildman–Crippen MR) is 278 cm³/mol. The Bertz CT molecular complexity index is 1680. The molecule has 0 saturated carbocycles. The number of ether oxygens (including phenoxy) is 3. The van der Waals surface area contributed by atoms with E-state index in [4.69, 9.17) is 14.2 Å². The van der Waals surface area contributed by atoms with E-state index < -0.39 is 6.10 Å². The summed E-state index contributed by atoms with van der Waals surface area (Å²) in [6, 6.07) is 0. The number of carbonyl (C=O) groups excluding carboxylic acids is 3. The summed E-state index contributed by atoms with van der Waals surface area (Å²) >= 11 is 0. The molecule has 0 aromatic carbocycles. The molecule has 0 aromatic rings. The van der Waals surface area contributed by atoms with E-state index in [0.717, 1.165) is 77.0 Å². The van der Waals surface area contributed by atoms with Gasteiger partial charge in [0.1, 0.15) is 13.2 Å². The number of unbranched alkanes of at least 4 members (excludes halogenated alkanes) is 9. The third-order valence-electron chi connectivity index (χ3n) is 8.99. The standard InChI is InChI=1S/C59H82O6/c1-4-7-10-13-16-19-22-25-27-28-29-30-32-34-37-40-43-46-49-52-58(61)64-55-56(54-63-57(60)51-48-45-42-39-36-33-24-21-18-15-12-9-6-3)65-59(62)53-50-47-44-41-38-35-31-26-23-20-17-14-11-8-5-2/h7-38,56H,4-6,39-55H2,1-3H3/b10-7+,11-8+,12-9+,16-13+,17-14+,18-15+,22-19+,23-20+,24-21+,27-25+,29-28+,31-26+,32-30+,36-33+,37-34+,38-35+. The van der Waals surface area contributed by atoms with Crippen molar-refractivity contribution in [3.63, 3.8) is 0 Å². The molecule has 1 atom stereocenters. The molecular formula is C59H82O6. The first-order valence-electron chi connectivity index (χ1n) is 24.2. The summed E-state index contributed by atoms with van der Waals surface area (Å²) in [6.07, 6.45) is 78.3. The van der Waals surface area contributed by atoms with Crippen LogP contribution >= 0.6 is 0 Å². The number of hydrogen-bond acceptors (Lipinski definition) is 6. The smallest absolute Gasteiger partial charge is 0.306 e. The Morgan fingerprint density at radius 2 is 0.554 bits per heavy atom. The van der Waals surface area contributed by atoms with Crippen LogP contribution < -0.4 is 0 Å². The van der Waals surface area contributed by atoms with E-state index in [9.17, 15) is 14.4 Å². The first-order valence-corrected chi connectivity index (χ1v) is 24.2. The third-order valence-corrected chi connectivity index (χ3v) is 8.99. The Morgan fingerprint density at radius 3 is 0.831 bits per heavy atom. The highest BCUT2D eigenvalue weighted by atomic mass is 16.6. The van der Waals surface area contributed by atoms with E-state index in [2.05, 4.69) is 57.2 Å². The van der Waals surface area contributed by atoms with Crippen molar-refractivity contribution in [1.29, 1.82) is 0 Å². The summed E-state index contributed by atoms with van der Waals surface area (Å²) in [5.41, 5.74) is 0. The maximum absolute atomic E-state index is 12.8. The fourth-order valence-corrected chi connectivity index (χ4v) is 5.45. The summed E-state index contributed by atoms with van der Waals surface area (Å²) < 4.78 is 16.6. The van der Waals surface area contributed by atoms with Crippen molar-refractivity contribution in [2.45, 2.75) is 142 Å². The number of esters is 3. The second-order valence-electron chi connectivity index (χ2n) is 14.9. The summed E-state index contributed by atoms with van der Waals surface area (Å²) in [4.78, 5) is 37.9. The summed E-state index contributed by atoms with van der Waals surface area (Å²) in [5, 5.41) is 0. The molecule has 0 amide bonds. The molecule has 0 saturated heterocycles. The topological polar surface area (TPSA) is 78.9 Å². The number of hydrogen-bond donors (Lipinski definition) is 0. The zero-order valence-electron chi connectivity index (χ0n) is 40.1. The molecule has 65 heavy (non-hydrogen) atoms. The molecule has 0 aliphatic carbocycles. The normalized spacial score (nSPS) is 13.8. The first kappa shape index (κ1) is 59.2. The van der Waals surface area contributed by atoms with Crippen molar-refractivity contribution in [2.75, 3.05) is 13.2 Å². The number of rotatable bonds is 39. The highest BCUT2D eigenvalue weighted by Crippen LogP contribution is 2.10. The minimum absolute atomic E-state index is 0.144. The average Bonchev–Trinajstić information content (AvgIpc) is 3.30. The van der Waals surface area contributed by atoms with Gasteiger partial charge in [-0.3, -0.25) is 14.4 Å². The lowest BCUT2D eigenvalue weighted by Gasteiger charge is -2.18. The maximum Gasteiger partial charge on any atom is 0.306 e. The summed E-state index contributed by atoms with van der Waals surface area (Å²) in [7, 11) is 0. The highest BCUT2D eigenvalue weighted by Gasteiger charge is 2.19. The zero-order chi connectivity index (χ0) is 47.2. The van der Waals surface area contributed by atoms with Crippen molar-refractivity contribution in [1.82, 2.24) is 0 Å². The van der Waals surface area contributed by atoms with Crippen LogP contribution in [0.1, 0.15) is 136 Å². The molecular weight excluding hydrogens is 805 g/mol. The van der Waals surface area contributed by atoms with Gasteiger partial charge < -0.3 is 14.2 Å². The molecule has 0 heterocycles. The highest BCUT2D eigenvalue weighted by molar-refractivity contribution is 5.71. The van der Waals surface area contributed by atoms with Crippen molar-refractivity contribution in [3.05, 3.63) is 194 Å². The quantitative estimate of drug-likeness (QED) is 0.0265. The van der Waals surface area contributed by atoms with E-state index in [0.29, 0.717) is 19.3 Å². The molecule has 0 aliphatic heterocycles. The Morgan fingerprint density at radius 1 is 0.308 bits per heavy atom. The lowest BCUT2D eigenvalue weighted by molar-refractivity contribution is -0.167. The van der Waals surface area contributed by atoms with Crippen molar-refractivity contribution in [2.24, 2.45) is 0 Å². The molecule has 0 aromatic heterocycles. The molecule has 0 rings (SSSR count). The van der Waals surface area contributed by atoms with Gasteiger partial charge in [-0.05, 0) is 77.0 Å². The SMILES string of the molecule is CC/C=C/C=C/C=C/C=C/C=C/C=C/C=C/CCCCCC(=O)OCC(COC(=O)CCCCC/C=C/C=C/C=C/C=C/CC)OC(=O)CCCCC/C=C/C=C/C=C/C=C/C=C/CC. The fourth-order valence-electron chi connectivity index (χ4n) is 5.45. The Hall–Kier alpha value is -5.75. The van der Waals surface area contributed by atoms with E-state index in [1.165, 1.54) is 0 Å². The molecule has 0 radical (unpaired) electrons. The van der Waals surface area contributed by atoms with Gasteiger partial charge in [0.25, 0.3) is 0 Å². The van der Waals surface area contributed by atoms with Crippen molar-refractivity contribution >= 4 is 17.9 Å². The Kier molecular flexibility index (Phi) is 46.4. The largest absolute Gasteiger partial charge is 0.462 e. The van der Waals surface area contributed by atoms with Crippen LogP contribution in [0.5, 0.6) is 0 Å². The molecule has 0 fully saturated rings. The van der Waals surface area contributed by atoms with Crippen LogP contribution in [0.4, 0.5) is 0 Å². The van der Waals surface area contributed by atoms with Crippen molar-refractivity contribution in [3.8, 4) is 0 Å². The van der Waals surface area contributed by atoms with Gasteiger partial charge in [0.05, 0.1) is 0 Å². The van der Waals surface area contributed by atoms with Crippen LogP contribution in [-0.2, 0) is 28.6 Å². The summed E-state index contributed by atoms with van der Waals surface area (Å²) in [5.74, 6) is -1.09. The lowest BCUT2D eigenvalue weighted by atomic mass is 10.1. The van der Waals surface area contributed by atoms with Crippen LogP contribution in [0.2, 0.25) is 0 Å². The molecule has 6 heteroatoms. The number of carbonyl (C=O) groups is 3. The van der Waals surface area contributed by atoms with E-state index in [1.54, 1.807) is 0 Å². The summed E-state index contributed by atoms with van der Waals surface area (Å²) in [6.45, 7) is 6.04. The zero-order valence-corrected chi connectivity index (χ0v) is 40.1. The molecule has 1 unspecified atom stereocenters. The maximum atomic E-state index is 12.8. The Balaban J connectivity index is 4.69. The van der Waals surface area contributed by atoms with Gasteiger partial charge in [0.15, 0.2) is 6.10 Å². The molecule has 6 nitrogen and oxygen atoms in total. The number of allylic oxidation sites excluding steroid dienone is 32. The molecule has 0 spiro atoms. The third kappa shape index (κ3) is 49.1. The van der Waals surface area contributed by atoms with Crippen LogP contribution in [-0.4, -0.2) is 37.2 Å². The second kappa shape index (κ2) is 50.9. The van der Waals surface area contributed by atoms with Crippen LogP contribution in [0.3, 0.4) is 0 Å². The minimum atomic E-state index is -0.848. The van der Waals surface area contributed by atoms with Gasteiger partial charge in [0, 0.05) is 19.3 Å². The predicted octanol–water partition coefficient (Wildman–Crippen LogP) is 16.0. The van der Waals surface area contributed by atoms with Gasteiger partial charge >= 0.3 is 17.9 Å². The van der Waals surface area contributed by atoms with Crippen LogP contribution in [0, 0.1) is 0 Å². The van der Waals surface area contributed by atoms with Crippen LogP contribution in [0.15, 0.2) is 194 Å². The molecule has 354 valence electrons. The van der Waals surface area contributed by atoms with Gasteiger partial charge in [0.2, 0.25) is 0 Å². The molecule has 0 N–H and O–H groups in total. The monoisotopic (exact) mass is 887 g/mol. The van der Waals surface area contributed by atoms with Gasteiger partial charge in [-0.25, -0.2) is 0 Å². The van der Waals surface area contributed by atoms with E-state index in [-0.39, 0.29) is 50.4 Å². The van der Waals surface area contributed by atoms with E-state index >= 15 is 0 Å². The minimum Gasteiger partial charge on any atom is -0.462 e. The molecule has 0 aliphatic rings. The molecule has 0 bridgehead atoms. The first-order chi connectivity index (χ1) is 32.0. The van der Waals surface area contributed by atoms with Crippen LogP contribution in [0.25, 0.3) is 0 Å².